The molecule has 6 nitrogen and oxygen atoms in total. The summed E-state index contributed by atoms with van der Waals surface area (Å²) >= 11 is 0. The standard InChI is InChI=1S/C15H21N3O3/c1-21-13-4-2-3-11(7-13)8-15(20)18(10-14(16)19)12-5-6-17-9-12/h2-4,7,12,17H,5-6,8-10H2,1H3,(H2,16,19). The molecule has 2 rings (SSSR count). The Labute approximate surface area is 124 Å². The number of methoxy groups -OCH3 is 1. The maximum absolute atomic E-state index is 12.5. The summed E-state index contributed by atoms with van der Waals surface area (Å²) in [6, 6.07) is 7.41. The summed E-state index contributed by atoms with van der Waals surface area (Å²) in [6.07, 6.45) is 1.08. The van der Waals surface area contributed by atoms with Crippen LogP contribution in [0.1, 0.15) is 12.0 Å². The minimum absolute atomic E-state index is 0.0326. The van der Waals surface area contributed by atoms with Crippen LogP contribution >= 0.6 is 0 Å². The lowest BCUT2D eigenvalue weighted by Crippen LogP contribution is -2.46. The number of nitrogens with two attached hydrogens (primary N) is 1. The maximum atomic E-state index is 12.5. The molecule has 0 saturated carbocycles. The van der Waals surface area contributed by atoms with Gasteiger partial charge in [-0.05, 0) is 30.7 Å². The van der Waals surface area contributed by atoms with E-state index in [2.05, 4.69) is 5.32 Å². The number of benzene rings is 1. The van der Waals surface area contributed by atoms with Gasteiger partial charge in [0.2, 0.25) is 11.8 Å². The van der Waals surface area contributed by atoms with Crippen molar-refractivity contribution in [1.82, 2.24) is 10.2 Å². The summed E-state index contributed by atoms with van der Waals surface area (Å²) in [4.78, 5) is 25.3. The van der Waals surface area contributed by atoms with Crippen molar-refractivity contribution in [3.63, 3.8) is 0 Å². The minimum Gasteiger partial charge on any atom is -0.497 e. The fraction of sp³-hybridized carbons (Fsp3) is 0.467. The Hall–Kier alpha value is -2.08. The molecular formula is C15H21N3O3. The molecule has 1 saturated heterocycles. The van der Waals surface area contributed by atoms with Gasteiger partial charge in [0.15, 0.2) is 0 Å². The number of hydrogen-bond donors (Lipinski definition) is 2. The van der Waals surface area contributed by atoms with Crippen molar-refractivity contribution in [2.75, 3.05) is 26.7 Å². The number of amides is 2. The topological polar surface area (TPSA) is 84.7 Å². The van der Waals surface area contributed by atoms with Gasteiger partial charge in [0.05, 0.1) is 20.1 Å². The van der Waals surface area contributed by atoms with E-state index >= 15 is 0 Å². The first-order chi connectivity index (χ1) is 10.1. The van der Waals surface area contributed by atoms with Gasteiger partial charge in [-0.25, -0.2) is 0 Å². The van der Waals surface area contributed by atoms with Gasteiger partial charge in [-0.1, -0.05) is 12.1 Å². The summed E-state index contributed by atoms with van der Waals surface area (Å²) in [7, 11) is 1.59. The van der Waals surface area contributed by atoms with Gasteiger partial charge < -0.3 is 20.7 Å². The van der Waals surface area contributed by atoms with E-state index in [4.69, 9.17) is 10.5 Å². The van der Waals surface area contributed by atoms with E-state index in [0.29, 0.717) is 12.3 Å². The van der Waals surface area contributed by atoms with Gasteiger partial charge in [0, 0.05) is 12.6 Å². The monoisotopic (exact) mass is 291 g/mol. The second-order valence-corrected chi connectivity index (χ2v) is 5.16. The number of nitrogens with one attached hydrogen (secondary N) is 1. The van der Waals surface area contributed by atoms with Gasteiger partial charge in [0.1, 0.15) is 5.75 Å². The molecule has 1 atom stereocenters. The first-order valence-electron chi connectivity index (χ1n) is 7.01. The zero-order valence-corrected chi connectivity index (χ0v) is 12.2. The van der Waals surface area contributed by atoms with Crippen LogP contribution in [0.25, 0.3) is 0 Å². The second kappa shape index (κ2) is 7.08. The predicted molar refractivity (Wildman–Crippen MR) is 78.9 cm³/mol. The Balaban J connectivity index is 2.07. The molecule has 3 N–H and O–H groups in total. The highest BCUT2D eigenvalue weighted by Gasteiger charge is 2.27. The van der Waals surface area contributed by atoms with Crippen LogP contribution in [-0.2, 0) is 16.0 Å². The van der Waals surface area contributed by atoms with Crippen LogP contribution in [0.5, 0.6) is 5.75 Å². The zero-order chi connectivity index (χ0) is 15.2. The van der Waals surface area contributed by atoms with Gasteiger partial charge in [-0.3, -0.25) is 9.59 Å². The highest BCUT2D eigenvalue weighted by atomic mass is 16.5. The number of nitrogens with zero attached hydrogens (tertiary/aromatic N) is 1. The molecule has 2 amide bonds. The van der Waals surface area contributed by atoms with Crippen LogP contribution in [0.15, 0.2) is 24.3 Å². The second-order valence-electron chi connectivity index (χ2n) is 5.16. The van der Waals surface area contributed by atoms with Crippen LogP contribution < -0.4 is 15.8 Å². The third-order valence-corrected chi connectivity index (χ3v) is 3.61. The molecule has 21 heavy (non-hydrogen) atoms. The summed E-state index contributed by atoms with van der Waals surface area (Å²) in [6.45, 7) is 1.53. The molecule has 6 heteroatoms. The fourth-order valence-electron chi connectivity index (χ4n) is 2.55. The number of carbonyl (C=O) groups is 2. The van der Waals surface area contributed by atoms with E-state index in [9.17, 15) is 9.59 Å². The molecular weight excluding hydrogens is 270 g/mol. The maximum Gasteiger partial charge on any atom is 0.237 e. The lowest BCUT2D eigenvalue weighted by molar-refractivity contribution is -0.136. The molecule has 0 bridgehead atoms. The van der Waals surface area contributed by atoms with Crippen LogP contribution in [-0.4, -0.2) is 49.5 Å². The molecule has 1 aromatic carbocycles. The van der Waals surface area contributed by atoms with Crippen molar-refractivity contribution in [2.24, 2.45) is 5.73 Å². The van der Waals surface area contributed by atoms with Gasteiger partial charge in [-0.2, -0.15) is 0 Å². The molecule has 1 aliphatic rings. The average Bonchev–Trinajstić information content (AvgIpc) is 2.98. The van der Waals surface area contributed by atoms with E-state index in [-0.39, 0.29) is 24.9 Å². The molecule has 114 valence electrons. The molecule has 1 aliphatic heterocycles. The smallest absolute Gasteiger partial charge is 0.237 e. The van der Waals surface area contributed by atoms with E-state index in [1.807, 2.05) is 24.3 Å². The number of hydrogen-bond acceptors (Lipinski definition) is 4. The predicted octanol–water partition coefficient (Wildman–Crippen LogP) is -0.0865. The van der Waals surface area contributed by atoms with Crippen molar-refractivity contribution in [1.29, 1.82) is 0 Å². The highest BCUT2D eigenvalue weighted by Crippen LogP contribution is 2.15. The Morgan fingerprint density at radius 3 is 2.90 bits per heavy atom. The van der Waals surface area contributed by atoms with Crippen molar-refractivity contribution < 1.29 is 14.3 Å². The Morgan fingerprint density at radius 1 is 1.48 bits per heavy atom. The van der Waals surface area contributed by atoms with E-state index in [1.54, 1.807) is 12.0 Å². The zero-order valence-electron chi connectivity index (χ0n) is 12.2. The normalized spacial score (nSPS) is 17.5. The van der Waals surface area contributed by atoms with Crippen molar-refractivity contribution in [2.45, 2.75) is 18.9 Å². The minimum atomic E-state index is -0.485. The van der Waals surface area contributed by atoms with Crippen molar-refractivity contribution in [3.05, 3.63) is 29.8 Å². The molecule has 0 radical (unpaired) electrons. The lowest BCUT2D eigenvalue weighted by atomic mass is 10.1. The third-order valence-electron chi connectivity index (χ3n) is 3.61. The van der Waals surface area contributed by atoms with Gasteiger partial charge in [-0.15, -0.1) is 0 Å². The fourth-order valence-corrected chi connectivity index (χ4v) is 2.55. The molecule has 1 fully saturated rings. The number of rotatable bonds is 6. The largest absolute Gasteiger partial charge is 0.497 e. The SMILES string of the molecule is COc1cccc(CC(=O)N(CC(N)=O)C2CCNC2)c1. The van der Waals surface area contributed by atoms with Gasteiger partial charge >= 0.3 is 0 Å². The summed E-state index contributed by atoms with van der Waals surface area (Å²) in [5.41, 5.74) is 6.13. The Morgan fingerprint density at radius 2 is 2.29 bits per heavy atom. The molecule has 0 aliphatic carbocycles. The summed E-state index contributed by atoms with van der Waals surface area (Å²) < 4.78 is 5.15. The van der Waals surface area contributed by atoms with Crippen LogP contribution in [0.4, 0.5) is 0 Å². The molecule has 1 aromatic rings. The number of carbonyl (C=O) groups excluding carboxylic acids is 2. The lowest BCUT2D eigenvalue weighted by Gasteiger charge is -2.27. The average molecular weight is 291 g/mol. The van der Waals surface area contributed by atoms with E-state index < -0.39 is 5.91 Å². The van der Waals surface area contributed by atoms with E-state index in [1.165, 1.54) is 0 Å². The Kier molecular flexibility index (Phi) is 5.16. The summed E-state index contributed by atoms with van der Waals surface area (Å²) in [5.74, 6) is 0.140. The van der Waals surface area contributed by atoms with Gasteiger partial charge in [0.25, 0.3) is 0 Å². The first kappa shape index (κ1) is 15.3. The van der Waals surface area contributed by atoms with Crippen LogP contribution in [0, 0.1) is 0 Å². The molecule has 1 heterocycles. The first-order valence-corrected chi connectivity index (χ1v) is 7.01. The van der Waals surface area contributed by atoms with Crippen LogP contribution in [0.2, 0.25) is 0 Å². The highest BCUT2D eigenvalue weighted by molar-refractivity contribution is 5.85. The van der Waals surface area contributed by atoms with Crippen molar-refractivity contribution in [3.8, 4) is 5.75 Å². The molecule has 0 spiro atoms. The quantitative estimate of drug-likeness (QED) is 0.767. The Bertz CT molecular complexity index is 513. The van der Waals surface area contributed by atoms with E-state index in [0.717, 1.165) is 18.5 Å². The molecule has 1 unspecified atom stereocenters. The number of primary amides is 1. The summed E-state index contributed by atoms with van der Waals surface area (Å²) in [5, 5.41) is 3.20. The van der Waals surface area contributed by atoms with Crippen LogP contribution in [0.3, 0.4) is 0 Å². The van der Waals surface area contributed by atoms with Crippen molar-refractivity contribution >= 4 is 11.8 Å². The number of ether oxygens (including phenoxy) is 1. The third kappa shape index (κ3) is 4.19. The molecule has 0 aromatic heterocycles.